The third-order valence-corrected chi connectivity index (χ3v) is 1.82. The minimum absolute atomic E-state index is 0.265. The Balaban J connectivity index is 2.52. The number of nitrogens with zero attached hydrogens (tertiary/aromatic N) is 1. The van der Waals surface area contributed by atoms with Crippen LogP contribution < -0.4 is 5.32 Å². The first-order valence-corrected chi connectivity index (χ1v) is 4.50. The van der Waals surface area contributed by atoms with E-state index in [0.29, 0.717) is 12.0 Å². The molecule has 1 unspecified atom stereocenters. The van der Waals surface area contributed by atoms with E-state index in [1.165, 1.54) is 12.5 Å². The fraction of sp³-hybridized carbons (Fsp3) is 0.400. The van der Waals surface area contributed by atoms with Crippen LogP contribution in [0, 0.1) is 11.3 Å². The van der Waals surface area contributed by atoms with Crippen molar-refractivity contribution in [3.05, 3.63) is 24.2 Å². The maximum Gasteiger partial charge on any atom is 0.255 e. The van der Waals surface area contributed by atoms with E-state index in [0.717, 1.165) is 6.42 Å². The monoisotopic (exact) mass is 192 g/mol. The SMILES string of the molecule is CCCC(C#N)NC(=O)c1ccoc1. The molecule has 14 heavy (non-hydrogen) atoms. The van der Waals surface area contributed by atoms with Gasteiger partial charge in [0.1, 0.15) is 12.3 Å². The molecular formula is C10H12N2O2. The highest BCUT2D eigenvalue weighted by molar-refractivity contribution is 5.94. The zero-order valence-electron chi connectivity index (χ0n) is 7.99. The van der Waals surface area contributed by atoms with E-state index in [9.17, 15) is 4.79 Å². The molecule has 0 fully saturated rings. The number of hydrogen-bond acceptors (Lipinski definition) is 3. The van der Waals surface area contributed by atoms with Crippen LogP contribution in [0.4, 0.5) is 0 Å². The summed E-state index contributed by atoms with van der Waals surface area (Å²) in [5.74, 6) is -0.265. The second-order valence-electron chi connectivity index (χ2n) is 2.96. The first-order chi connectivity index (χ1) is 6.77. The number of nitriles is 1. The lowest BCUT2D eigenvalue weighted by Crippen LogP contribution is -2.33. The summed E-state index contributed by atoms with van der Waals surface area (Å²) in [7, 11) is 0. The van der Waals surface area contributed by atoms with Gasteiger partial charge < -0.3 is 9.73 Å². The molecule has 0 aliphatic heterocycles. The quantitative estimate of drug-likeness (QED) is 0.789. The van der Waals surface area contributed by atoms with Crippen LogP contribution in [0.25, 0.3) is 0 Å². The summed E-state index contributed by atoms with van der Waals surface area (Å²) in [6.45, 7) is 1.97. The molecule has 0 aromatic carbocycles. The summed E-state index contributed by atoms with van der Waals surface area (Å²) >= 11 is 0. The molecular weight excluding hydrogens is 180 g/mol. The van der Waals surface area contributed by atoms with Crippen LogP contribution in [0.3, 0.4) is 0 Å². The van der Waals surface area contributed by atoms with Gasteiger partial charge in [-0.3, -0.25) is 4.79 Å². The van der Waals surface area contributed by atoms with Gasteiger partial charge in [-0.1, -0.05) is 13.3 Å². The first-order valence-electron chi connectivity index (χ1n) is 4.50. The van der Waals surface area contributed by atoms with Gasteiger partial charge in [0, 0.05) is 0 Å². The van der Waals surface area contributed by atoms with Crippen LogP contribution in [0.1, 0.15) is 30.1 Å². The van der Waals surface area contributed by atoms with Gasteiger partial charge >= 0.3 is 0 Å². The standard InChI is InChI=1S/C10H12N2O2/c1-2-3-9(6-11)12-10(13)8-4-5-14-7-8/h4-5,7,9H,2-3H2,1H3,(H,12,13). The number of rotatable bonds is 4. The zero-order valence-corrected chi connectivity index (χ0v) is 7.99. The Bertz CT molecular complexity index is 324. The van der Waals surface area contributed by atoms with E-state index in [-0.39, 0.29) is 5.91 Å². The van der Waals surface area contributed by atoms with Gasteiger partial charge in [0.25, 0.3) is 5.91 Å². The summed E-state index contributed by atoms with van der Waals surface area (Å²) in [4.78, 5) is 11.4. The second kappa shape index (κ2) is 5.07. The van der Waals surface area contributed by atoms with E-state index in [1.807, 2.05) is 13.0 Å². The minimum atomic E-state index is -0.414. The highest BCUT2D eigenvalue weighted by atomic mass is 16.3. The van der Waals surface area contributed by atoms with Gasteiger partial charge in [-0.15, -0.1) is 0 Å². The molecule has 0 aliphatic rings. The molecule has 1 aromatic heterocycles. The van der Waals surface area contributed by atoms with Crippen molar-refractivity contribution >= 4 is 5.91 Å². The summed E-state index contributed by atoms with van der Waals surface area (Å²) in [6, 6.07) is 3.18. The topological polar surface area (TPSA) is 66.0 Å². The molecule has 0 aliphatic carbocycles. The lowest BCUT2D eigenvalue weighted by atomic mass is 10.2. The lowest BCUT2D eigenvalue weighted by molar-refractivity contribution is 0.0943. The molecule has 1 atom stereocenters. The van der Waals surface area contributed by atoms with Crippen LogP contribution in [-0.4, -0.2) is 11.9 Å². The minimum Gasteiger partial charge on any atom is -0.472 e. The first kappa shape index (κ1) is 10.3. The predicted octanol–water partition coefficient (Wildman–Crippen LogP) is 1.70. The summed E-state index contributed by atoms with van der Waals surface area (Å²) in [6.07, 6.45) is 4.32. The molecule has 1 aromatic rings. The highest BCUT2D eigenvalue weighted by Gasteiger charge is 2.12. The molecule has 0 spiro atoms. The average molecular weight is 192 g/mol. The maximum atomic E-state index is 11.4. The van der Waals surface area contributed by atoms with Crippen LogP contribution in [0.2, 0.25) is 0 Å². The molecule has 74 valence electrons. The molecule has 1 N–H and O–H groups in total. The smallest absolute Gasteiger partial charge is 0.255 e. The highest BCUT2D eigenvalue weighted by Crippen LogP contribution is 2.02. The number of carbonyl (C=O) groups is 1. The Morgan fingerprint density at radius 1 is 1.79 bits per heavy atom. The number of nitrogens with one attached hydrogen (secondary N) is 1. The van der Waals surface area contributed by atoms with E-state index in [2.05, 4.69) is 5.32 Å². The summed E-state index contributed by atoms with van der Waals surface area (Å²) in [5.41, 5.74) is 0.446. The number of hydrogen-bond donors (Lipinski definition) is 1. The van der Waals surface area contributed by atoms with E-state index in [4.69, 9.17) is 9.68 Å². The molecule has 0 bridgehead atoms. The van der Waals surface area contributed by atoms with Crippen LogP contribution in [0.5, 0.6) is 0 Å². The Morgan fingerprint density at radius 3 is 3.07 bits per heavy atom. The van der Waals surface area contributed by atoms with Gasteiger partial charge in [0.05, 0.1) is 17.9 Å². The van der Waals surface area contributed by atoms with E-state index < -0.39 is 6.04 Å². The van der Waals surface area contributed by atoms with Crippen molar-refractivity contribution in [2.45, 2.75) is 25.8 Å². The van der Waals surface area contributed by atoms with E-state index >= 15 is 0 Å². The van der Waals surface area contributed by atoms with Crippen molar-refractivity contribution in [2.75, 3.05) is 0 Å². The molecule has 4 heteroatoms. The molecule has 4 nitrogen and oxygen atoms in total. The third-order valence-electron chi connectivity index (χ3n) is 1.82. The van der Waals surface area contributed by atoms with E-state index in [1.54, 1.807) is 6.07 Å². The molecule has 0 radical (unpaired) electrons. The fourth-order valence-corrected chi connectivity index (χ4v) is 1.09. The fourth-order valence-electron chi connectivity index (χ4n) is 1.09. The third kappa shape index (κ3) is 2.63. The van der Waals surface area contributed by atoms with Gasteiger partial charge in [0.15, 0.2) is 0 Å². The largest absolute Gasteiger partial charge is 0.472 e. The van der Waals surface area contributed by atoms with Crippen LogP contribution >= 0.6 is 0 Å². The average Bonchev–Trinajstić information content (AvgIpc) is 2.69. The Morgan fingerprint density at radius 2 is 2.57 bits per heavy atom. The van der Waals surface area contributed by atoms with Crippen molar-refractivity contribution in [3.8, 4) is 6.07 Å². The van der Waals surface area contributed by atoms with Gasteiger partial charge in [0.2, 0.25) is 0 Å². The molecule has 1 heterocycles. The molecule has 1 rings (SSSR count). The Kier molecular flexibility index (Phi) is 3.74. The van der Waals surface area contributed by atoms with Gasteiger partial charge in [-0.25, -0.2) is 0 Å². The van der Waals surface area contributed by atoms with Gasteiger partial charge in [-0.05, 0) is 12.5 Å². The van der Waals surface area contributed by atoms with Crippen molar-refractivity contribution in [2.24, 2.45) is 0 Å². The lowest BCUT2D eigenvalue weighted by Gasteiger charge is -2.08. The normalized spacial score (nSPS) is 11.7. The van der Waals surface area contributed by atoms with Crippen molar-refractivity contribution in [3.63, 3.8) is 0 Å². The van der Waals surface area contributed by atoms with Gasteiger partial charge in [-0.2, -0.15) is 5.26 Å². The molecule has 1 amide bonds. The Labute approximate surface area is 82.5 Å². The van der Waals surface area contributed by atoms with Crippen molar-refractivity contribution < 1.29 is 9.21 Å². The number of amides is 1. The van der Waals surface area contributed by atoms with Crippen LogP contribution in [0.15, 0.2) is 23.0 Å². The molecule has 0 saturated carbocycles. The number of furan rings is 1. The van der Waals surface area contributed by atoms with Crippen molar-refractivity contribution in [1.82, 2.24) is 5.32 Å². The predicted molar refractivity (Wildman–Crippen MR) is 50.5 cm³/mol. The van der Waals surface area contributed by atoms with Crippen molar-refractivity contribution in [1.29, 1.82) is 5.26 Å². The van der Waals surface area contributed by atoms with Crippen LogP contribution in [-0.2, 0) is 0 Å². The summed E-state index contributed by atoms with van der Waals surface area (Å²) < 4.78 is 4.77. The zero-order chi connectivity index (χ0) is 10.4. The Hall–Kier alpha value is -1.76. The summed E-state index contributed by atoms with van der Waals surface area (Å²) in [5, 5.41) is 11.3. The molecule has 0 saturated heterocycles. The number of carbonyl (C=O) groups excluding carboxylic acids is 1. The second-order valence-corrected chi connectivity index (χ2v) is 2.96. The maximum absolute atomic E-state index is 11.4.